The van der Waals surface area contributed by atoms with Gasteiger partial charge in [0, 0.05) is 4.90 Å². The predicted molar refractivity (Wildman–Crippen MR) is 88.7 cm³/mol. The molecule has 0 N–H and O–H groups in total. The van der Waals surface area contributed by atoms with Gasteiger partial charge in [-0.15, -0.1) is 0 Å². The summed E-state index contributed by atoms with van der Waals surface area (Å²) in [6.45, 7) is 4.54. The first-order chi connectivity index (χ1) is 9.36. The summed E-state index contributed by atoms with van der Waals surface area (Å²) in [4.78, 5) is 2.94. The second-order valence-electron chi connectivity index (χ2n) is 5.04. The third-order valence-electron chi connectivity index (χ3n) is 3.20. The SMILES string of the molecule is CCCCC/C=C(/CCCCC)Sc1ccccc1. The first-order valence-electron chi connectivity index (χ1n) is 7.78. The van der Waals surface area contributed by atoms with Crippen LogP contribution in [0.2, 0.25) is 0 Å². The first-order valence-corrected chi connectivity index (χ1v) is 8.60. The molecule has 106 valence electrons. The minimum Gasteiger partial charge on any atom is -0.0949 e. The highest BCUT2D eigenvalue weighted by Gasteiger charge is 2.00. The number of hydrogen-bond acceptors (Lipinski definition) is 1. The maximum Gasteiger partial charge on any atom is 0.0118 e. The lowest BCUT2D eigenvalue weighted by Crippen LogP contribution is -1.82. The lowest BCUT2D eigenvalue weighted by Gasteiger charge is -2.07. The molecule has 0 heterocycles. The number of benzene rings is 1. The Kier molecular flexibility index (Phi) is 9.61. The number of hydrogen-bond donors (Lipinski definition) is 0. The van der Waals surface area contributed by atoms with Crippen molar-refractivity contribution in [1.29, 1.82) is 0 Å². The van der Waals surface area contributed by atoms with Crippen LogP contribution in [0.15, 0.2) is 46.2 Å². The van der Waals surface area contributed by atoms with Gasteiger partial charge in [-0.25, -0.2) is 0 Å². The molecule has 0 atom stereocenters. The van der Waals surface area contributed by atoms with Crippen molar-refractivity contribution in [3.05, 3.63) is 41.3 Å². The van der Waals surface area contributed by atoms with Gasteiger partial charge in [-0.05, 0) is 42.7 Å². The third kappa shape index (κ3) is 8.15. The lowest BCUT2D eigenvalue weighted by atomic mass is 10.1. The topological polar surface area (TPSA) is 0 Å². The molecule has 0 nitrogen and oxygen atoms in total. The third-order valence-corrected chi connectivity index (χ3v) is 4.34. The second-order valence-corrected chi connectivity index (χ2v) is 6.24. The largest absolute Gasteiger partial charge is 0.0949 e. The number of allylic oxidation sites excluding steroid dienone is 2. The van der Waals surface area contributed by atoms with Crippen LogP contribution >= 0.6 is 11.8 Å². The van der Waals surface area contributed by atoms with E-state index < -0.39 is 0 Å². The summed E-state index contributed by atoms with van der Waals surface area (Å²) >= 11 is 1.96. The first kappa shape index (κ1) is 16.4. The van der Waals surface area contributed by atoms with Gasteiger partial charge >= 0.3 is 0 Å². The predicted octanol–water partition coefficient (Wildman–Crippen LogP) is 6.82. The van der Waals surface area contributed by atoms with Crippen LogP contribution in [0.25, 0.3) is 0 Å². The van der Waals surface area contributed by atoms with Crippen molar-refractivity contribution in [3.8, 4) is 0 Å². The van der Waals surface area contributed by atoms with Crippen molar-refractivity contribution in [2.75, 3.05) is 0 Å². The van der Waals surface area contributed by atoms with Crippen molar-refractivity contribution in [3.63, 3.8) is 0 Å². The average molecular weight is 276 g/mol. The van der Waals surface area contributed by atoms with Crippen molar-refractivity contribution >= 4 is 11.8 Å². The number of rotatable bonds is 10. The molecule has 0 aliphatic rings. The molecular weight excluding hydrogens is 248 g/mol. The fraction of sp³-hybridized carbons (Fsp3) is 0.556. The normalized spacial score (nSPS) is 11.8. The molecule has 0 fully saturated rings. The minimum absolute atomic E-state index is 1.25. The monoisotopic (exact) mass is 276 g/mol. The summed E-state index contributed by atoms with van der Waals surface area (Å²) < 4.78 is 0. The Labute approximate surface area is 123 Å². The van der Waals surface area contributed by atoms with Gasteiger partial charge in [0.25, 0.3) is 0 Å². The van der Waals surface area contributed by atoms with E-state index in [1.165, 1.54) is 56.3 Å². The van der Waals surface area contributed by atoms with Crippen LogP contribution in [-0.4, -0.2) is 0 Å². The molecule has 0 bridgehead atoms. The van der Waals surface area contributed by atoms with Crippen molar-refractivity contribution in [2.24, 2.45) is 0 Å². The molecule has 0 radical (unpaired) electrons. The molecule has 0 saturated carbocycles. The van der Waals surface area contributed by atoms with Crippen LogP contribution in [0.4, 0.5) is 0 Å². The van der Waals surface area contributed by atoms with E-state index in [9.17, 15) is 0 Å². The Hall–Kier alpha value is -0.690. The van der Waals surface area contributed by atoms with Crippen LogP contribution < -0.4 is 0 Å². The van der Waals surface area contributed by atoms with Gasteiger partial charge in [-0.3, -0.25) is 0 Å². The van der Waals surface area contributed by atoms with E-state index in [2.05, 4.69) is 50.3 Å². The van der Waals surface area contributed by atoms with E-state index in [4.69, 9.17) is 0 Å². The molecule has 0 saturated heterocycles. The smallest absolute Gasteiger partial charge is 0.0118 e. The molecule has 1 aromatic rings. The van der Waals surface area contributed by atoms with Crippen LogP contribution in [-0.2, 0) is 0 Å². The minimum atomic E-state index is 1.25. The Morgan fingerprint density at radius 1 is 0.947 bits per heavy atom. The quantitative estimate of drug-likeness (QED) is 0.333. The van der Waals surface area contributed by atoms with Crippen LogP contribution in [0.1, 0.15) is 65.2 Å². The molecule has 1 aromatic carbocycles. The molecular formula is C18H28S. The average Bonchev–Trinajstić information content (AvgIpc) is 2.44. The fourth-order valence-corrected chi connectivity index (χ4v) is 3.08. The summed E-state index contributed by atoms with van der Waals surface area (Å²) in [5, 5.41) is 0. The molecule has 19 heavy (non-hydrogen) atoms. The van der Waals surface area contributed by atoms with Gasteiger partial charge in [-0.2, -0.15) is 0 Å². The van der Waals surface area contributed by atoms with E-state index in [0.29, 0.717) is 0 Å². The maximum absolute atomic E-state index is 2.48. The molecule has 0 amide bonds. The number of thioether (sulfide) groups is 1. The Morgan fingerprint density at radius 3 is 2.32 bits per heavy atom. The highest BCUT2D eigenvalue weighted by atomic mass is 32.2. The Balaban J connectivity index is 2.48. The molecule has 0 aromatic heterocycles. The molecule has 1 rings (SSSR count). The summed E-state index contributed by atoms with van der Waals surface area (Å²) in [5.41, 5.74) is 0. The molecule has 0 spiro atoms. The van der Waals surface area contributed by atoms with Crippen LogP contribution in [0.3, 0.4) is 0 Å². The van der Waals surface area contributed by atoms with E-state index >= 15 is 0 Å². The highest BCUT2D eigenvalue weighted by Crippen LogP contribution is 2.30. The summed E-state index contributed by atoms with van der Waals surface area (Å²) in [6, 6.07) is 10.8. The van der Waals surface area contributed by atoms with Gasteiger partial charge in [0.2, 0.25) is 0 Å². The van der Waals surface area contributed by atoms with Crippen molar-refractivity contribution in [1.82, 2.24) is 0 Å². The zero-order chi connectivity index (χ0) is 13.8. The van der Waals surface area contributed by atoms with Crippen LogP contribution in [0, 0.1) is 0 Å². The van der Waals surface area contributed by atoms with E-state index in [-0.39, 0.29) is 0 Å². The zero-order valence-corrected chi connectivity index (χ0v) is 13.3. The van der Waals surface area contributed by atoms with E-state index in [1.54, 1.807) is 4.91 Å². The molecule has 0 aliphatic heterocycles. The standard InChI is InChI=1S/C18H28S/c1-3-5-7-10-14-17(13-9-6-4-2)19-18-15-11-8-12-16-18/h8,11-12,14-16H,3-7,9-10,13H2,1-2H3/b17-14-. The Bertz CT molecular complexity index is 340. The maximum atomic E-state index is 2.48. The zero-order valence-electron chi connectivity index (χ0n) is 12.5. The van der Waals surface area contributed by atoms with Crippen LogP contribution in [0.5, 0.6) is 0 Å². The second kappa shape index (κ2) is 11.2. The summed E-state index contributed by atoms with van der Waals surface area (Å²) in [6.07, 6.45) is 13.0. The Morgan fingerprint density at radius 2 is 1.63 bits per heavy atom. The van der Waals surface area contributed by atoms with Gasteiger partial charge in [0.1, 0.15) is 0 Å². The van der Waals surface area contributed by atoms with E-state index in [0.717, 1.165) is 0 Å². The fourth-order valence-electron chi connectivity index (χ4n) is 2.04. The molecule has 0 aliphatic carbocycles. The lowest BCUT2D eigenvalue weighted by molar-refractivity contribution is 0.712. The molecule has 1 heteroatoms. The van der Waals surface area contributed by atoms with E-state index in [1.807, 2.05) is 11.8 Å². The van der Waals surface area contributed by atoms with Gasteiger partial charge in [0.15, 0.2) is 0 Å². The van der Waals surface area contributed by atoms with Gasteiger partial charge < -0.3 is 0 Å². The summed E-state index contributed by atoms with van der Waals surface area (Å²) in [7, 11) is 0. The van der Waals surface area contributed by atoms with Gasteiger partial charge in [-0.1, -0.05) is 75.6 Å². The van der Waals surface area contributed by atoms with Gasteiger partial charge in [0.05, 0.1) is 0 Å². The summed E-state index contributed by atoms with van der Waals surface area (Å²) in [5.74, 6) is 0. The highest BCUT2D eigenvalue weighted by molar-refractivity contribution is 8.03. The van der Waals surface area contributed by atoms with Crippen molar-refractivity contribution in [2.45, 2.75) is 70.1 Å². The number of unbranched alkanes of at least 4 members (excludes halogenated alkanes) is 5. The van der Waals surface area contributed by atoms with Crippen molar-refractivity contribution < 1.29 is 0 Å². The molecule has 0 unspecified atom stereocenters.